The van der Waals surface area contributed by atoms with Crippen LogP contribution in [-0.4, -0.2) is 44.9 Å². The van der Waals surface area contributed by atoms with Crippen molar-refractivity contribution in [1.82, 2.24) is 19.9 Å². The highest BCUT2D eigenvalue weighted by atomic mass is 32.2. The van der Waals surface area contributed by atoms with Crippen molar-refractivity contribution in [2.45, 2.75) is 37.6 Å². The molecule has 3 rings (SSSR count). The molecular formula is C13H21N5S. The molecule has 0 aromatic carbocycles. The van der Waals surface area contributed by atoms with Gasteiger partial charge in [0, 0.05) is 24.0 Å². The van der Waals surface area contributed by atoms with Gasteiger partial charge < -0.3 is 5.73 Å². The zero-order chi connectivity index (χ0) is 13.2. The van der Waals surface area contributed by atoms with Gasteiger partial charge in [0.05, 0.1) is 6.04 Å². The molecule has 0 radical (unpaired) electrons. The second kappa shape index (κ2) is 5.63. The van der Waals surface area contributed by atoms with E-state index in [0.29, 0.717) is 11.9 Å². The summed E-state index contributed by atoms with van der Waals surface area (Å²) in [5, 5.41) is 0. The fraction of sp³-hybridized carbons (Fsp3) is 0.769. The van der Waals surface area contributed by atoms with Crippen molar-refractivity contribution in [3.05, 3.63) is 11.6 Å². The molecule has 5 nitrogen and oxygen atoms in total. The quantitative estimate of drug-likeness (QED) is 0.891. The summed E-state index contributed by atoms with van der Waals surface area (Å²) in [6.45, 7) is 1.08. The van der Waals surface area contributed by atoms with Gasteiger partial charge in [-0.3, -0.25) is 4.90 Å². The van der Waals surface area contributed by atoms with Crippen molar-refractivity contribution in [2.24, 2.45) is 0 Å². The van der Waals surface area contributed by atoms with Crippen LogP contribution in [-0.2, 0) is 0 Å². The average molecular weight is 279 g/mol. The van der Waals surface area contributed by atoms with E-state index in [4.69, 9.17) is 10.7 Å². The summed E-state index contributed by atoms with van der Waals surface area (Å²) < 4.78 is 0. The van der Waals surface area contributed by atoms with Crippen molar-refractivity contribution in [3.8, 4) is 0 Å². The van der Waals surface area contributed by atoms with Crippen molar-refractivity contribution < 1.29 is 0 Å². The fourth-order valence-corrected chi connectivity index (χ4v) is 4.11. The lowest BCUT2D eigenvalue weighted by Gasteiger charge is -2.31. The molecule has 1 aliphatic carbocycles. The molecule has 0 amide bonds. The molecule has 2 N–H and O–H groups in total. The molecule has 1 aliphatic heterocycles. The zero-order valence-electron chi connectivity index (χ0n) is 11.4. The van der Waals surface area contributed by atoms with E-state index in [9.17, 15) is 0 Å². The van der Waals surface area contributed by atoms with Gasteiger partial charge >= 0.3 is 0 Å². The molecule has 104 valence electrons. The summed E-state index contributed by atoms with van der Waals surface area (Å²) in [5.74, 6) is 4.89. The van der Waals surface area contributed by atoms with Gasteiger partial charge in [-0.15, -0.1) is 0 Å². The van der Waals surface area contributed by atoms with Crippen molar-refractivity contribution in [2.75, 3.05) is 30.8 Å². The number of aromatic nitrogens is 3. The van der Waals surface area contributed by atoms with Crippen LogP contribution in [0.1, 0.15) is 49.3 Å². The standard InChI is InChI=1S/C13H21N5S/c1-18-6-7-19-8-10(18)12-15-11(16-13(14)17-12)9-4-2-3-5-9/h9-10H,2-8H2,1H3,(H2,14,15,16,17). The van der Waals surface area contributed by atoms with Gasteiger partial charge in [0.1, 0.15) is 5.82 Å². The number of nitrogens with two attached hydrogens (primary N) is 1. The summed E-state index contributed by atoms with van der Waals surface area (Å²) in [5.41, 5.74) is 5.89. The minimum atomic E-state index is 0.282. The van der Waals surface area contributed by atoms with Gasteiger partial charge in [0.15, 0.2) is 5.82 Å². The molecule has 1 aromatic rings. The van der Waals surface area contributed by atoms with E-state index in [1.807, 2.05) is 11.8 Å². The molecule has 0 bridgehead atoms. The maximum absolute atomic E-state index is 5.89. The number of anilines is 1. The lowest BCUT2D eigenvalue weighted by Crippen LogP contribution is -2.34. The highest BCUT2D eigenvalue weighted by Crippen LogP contribution is 2.33. The Bertz CT molecular complexity index is 447. The molecule has 1 saturated carbocycles. The Kier molecular flexibility index (Phi) is 3.88. The van der Waals surface area contributed by atoms with Crippen LogP contribution < -0.4 is 5.73 Å². The molecule has 2 heterocycles. The monoisotopic (exact) mass is 279 g/mol. The van der Waals surface area contributed by atoms with E-state index in [0.717, 1.165) is 23.9 Å². The summed E-state index contributed by atoms with van der Waals surface area (Å²) in [6, 6.07) is 0.282. The Balaban J connectivity index is 1.88. The van der Waals surface area contributed by atoms with E-state index in [2.05, 4.69) is 21.9 Å². The fourth-order valence-electron chi connectivity index (χ4n) is 2.90. The van der Waals surface area contributed by atoms with E-state index in [1.165, 1.54) is 31.4 Å². The van der Waals surface area contributed by atoms with Crippen molar-refractivity contribution in [1.29, 1.82) is 0 Å². The molecule has 1 aromatic heterocycles. The number of thioether (sulfide) groups is 1. The molecule has 1 unspecified atom stereocenters. The predicted molar refractivity (Wildman–Crippen MR) is 78.1 cm³/mol. The number of hydrogen-bond donors (Lipinski definition) is 1. The van der Waals surface area contributed by atoms with Crippen LogP contribution >= 0.6 is 11.8 Å². The lowest BCUT2D eigenvalue weighted by molar-refractivity contribution is 0.263. The third kappa shape index (κ3) is 2.84. The second-order valence-electron chi connectivity index (χ2n) is 5.46. The first-order valence-corrected chi connectivity index (χ1v) is 8.19. The van der Waals surface area contributed by atoms with Crippen LogP contribution in [0.4, 0.5) is 5.95 Å². The highest BCUT2D eigenvalue weighted by molar-refractivity contribution is 7.99. The third-order valence-corrected chi connectivity index (χ3v) is 5.12. The number of nitrogens with zero attached hydrogens (tertiary/aromatic N) is 4. The van der Waals surface area contributed by atoms with Crippen LogP contribution in [0, 0.1) is 0 Å². The molecule has 2 aliphatic rings. The Morgan fingerprint density at radius 3 is 2.63 bits per heavy atom. The van der Waals surface area contributed by atoms with E-state index in [1.54, 1.807) is 0 Å². The first kappa shape index (κ1) is 13.1. The van der Waals surface area contributed by atoms with E-state index in [-0.39, 0.29) is 6.04 Å². The lowest BCUT2D eigenvalue weighted by atomic mass is 10.1. The Morgan fingerprint density at radius 2 is 1.89 bits per heavy atom. The number of nitrogen functional groups attached to an aromatic ring is 1. The number of rotatable bonds is 2. The summed E-state index contributed by atoms with van der Waals surface area (Å²) in [6.07, 6.45) is 4.95. The van der Waals surface area contributed by atoms with Gasteiger partial charge in [0.25, 0.3) is 0 Å². The summed E-state index contributed by atoms with van der Waals surface area (Å²) in [7, 11) is 2.14. The van der Waals surface area contributed by atoms with Crippen LogP contribution in [0.2, 0.25) is 0 Å². The van der Waals surface area contributed by atoms with Gasteiger partial charge in [-0.05, 0) is 19.9 Å². The van der Waals surface area contributed by atoms with Gasteiger partial charge in [-0.2, -0.15) is 21.7 Å². The smallest absolute Gasteiger partial charge is 0.223 e. The first-order chi connectivity index (χ1) is 9.24. The average Bonchev–Trinajstić information content (AvgIpc) is 2.92. The van der Waals surface area contributed by atoms with Crippen molar-refractivity contribution in [3.63, 3.8) is 0 Å². The maximum atomic E-state index is 5.89. The normalized spacial score (nSPS) is 25.8. The van der Waals surface area contributed by atoms with E-state index >= 15 is 0 Å². The minimum absolute atomic E-state index is 0.282. The Hall–Kier alpha value is -0.880. The Morgan fingerprint density at radius 1 is 1.16 bits per heavy atom. The van der Waals surface area contributed by atoms with Gasteiger partial charge in [-0.25, -0.2) is 4.98 Å². The number of hydrogen-bond acceptors (Lipinski definition) is 6. The van der Waals surface area contributed by atoms with E-state index < -0.39 is 0 Å². The molecule has 1 atom stereocenters. The molecule has 2 fully saturated rings. The molecule has 19 heavy (non-hydrogen) atoms. The van der Waals surface area contributed by atoms with Gasteiger partial charge in [0.2, 0.25) is 5.95 Å². The molecule has 0 spiro atoms. The molecule has 1 saturated heterocycles. The molecular weight excluding hydrogens is 258 g/mol. The largest absolute Gasteiger partial charge is 0.368 e. The van der Waals surface area contributed by atoms with Crippen LogP contribution in [0.15, 0.2) is 0 Å². The summed E-state index contributed by atoms with van der Waals surface area (Å²) >= 11 is 1.96. The predicted octanol–water partition coefficient (Wildman–Crippen LogP) is 1.83. The SMILES string of the molecule is CN1CCSCC1c1nc(N)nc(C2CCCC2)n1. The van der Waals surface area contributed by atoms with Crippen LogP contribution in [0.5, 0.6) is 0 Å². The zero-order valence-corrected chi connectivity index (χ0v) is 12.2. The maximum Gasteiger partial charge on any atom is 0.223 e. The molecule has 6 heteroatoms. The highest BCUT2D eigenvalue weighted by Gasteiger charge is 2.27. The van der Waals surface area contributed by atoms with Crippen LogP contribution in [0.3, 0.4) is 0 Å². The first-order valence-electron chi connectivity index (χ1n) is 7.03. The van der Waals surface area contributed by atoms with Crippen molar-refractivity contribution >= 4 is 17.7 Å². The van der Waals surface area contributed by atoms with Gasteiger partial charge in [-0.1, -0.05) is 12.8 Å². The Labute approximate surface area is 118 Å². The second-order valence-corrected chi connectivity index (χ2v) is 6.61. The topological polar surface area (TPSA) is 67.9 Å². The summed E-state index contributed by atoms with van der Waals surface area (Å²) in [4.78, 5) is 15.8. The minimum Gasteiger partial charge on any atom is -0.368 e. The van der Waals surface area contributed by atoms with Crippen LogP contribution in [0.25, 0.3) is 0 Å². The third-order valence-electron chi connectivity index (χ3n) is 4.10.